The number of carbonyl (C=O) groups excluding carboxylic acids is 1. The van der Waals surface area contributed by atoms with Crippen LogP contribution in [0.1, 0.15) is 25.0 Å². The van der Waals surface area contributed by atoms with Gasteiger partial charge in [0.25, 0.3) is 0 Å². The first-order valence-corrected chi connectivity index (χ1v) is 12.2. The number of halogens is 1. The standard InChI is InChI=1S/C26H30ClN5O3/c1-31-10-4-5-22(31)26(33)32-11-7-16(8-12-32)20-13-17-19(6-9-28-25(17)30-20)29-21-15-23(34-2)18(27)14-24(21)35-3/h6-7,9,13-15,22H,4-5,8,10-12H2,1-3H3,(H2,28,29,30). The van der Waals surface area contributed by atoms with Crippen LogP contribution in [0.4, 0.5) is 11.4 Å². The fraction of sp³-hybridized carbons (Fsp3) is 0.385. The van der Waals surface area contributed by atoms with E-state index in [0.29, 0.717) is 23.1 Å². The minimum atomic E-state index is 0.0272. The number of benzene rings is 1. The van der Waals surface area contributed by atoms with E-state index in [-0.39, 0.29) is 11.9 Å². The SMILES string of the molecule is COc1cc(Nc2ccnc3[nH]c(C4=CCN(C(=O)C5CCCN5C)CC4)cc23)c(OC)cc1Cl. The van der Waals surface area contributed by atoms with Crippen molar-refractivity contribution in [2.75, 3.05) is 46.2 Å². The Labute approximate surface area is 209 Å². The molecule has 35 heavy (non-hydrogen) atoms. The summed E-state index contributed by atoms with van der Waals surface area (Å²) < 4.78 is 10.9. The molecule has 0 spiro atoms. The molecule has 3 aromatic rings. The van der Waals surface area contributed by atoms with Gasteiger partial charge in [0.15, 0.2) is 0 Å². The third-order valence-electron chi connectivity index (χ3n) is 6.95. The van der Waals surface area contributed by atoms with Crippen molar-refractivity contribution in [3.05, 3.63) is 47.3 Å². The van der Waals surface area contributed by atoms with Crippen LogP contribution in [-0.2, 0) is 4.79 Å². The monoisotopic (exact) mass is 495 g/mol. The Morgan fingerprint density at radius 3 is 2.69 bits per heavy atom. The number of anilines is 2. The predicted octanol–water partition coefficient (Wildman–Crippen LogP) is 4.69. The summed E-state index contributed by atoms with van der Waals surface area (Å²) in [7, 11) is 5.23. The van der Waals surface area contributed by atoms with Gasteiger partial charge in [0.1, 0.15) is 17.1 Å². The number of likely N-dealkylation sites (tertiary alicyclic amines) is 1. The quantitative estimate of drug-likeness (QED) is 0.516. The Morgan fingerprint density at radius 1 is 1.17 bits per heavy atom. The number of hydrogen-bond acceptors (Lipinski definition) is 6. The van der Waals surface area contributed by atoms with E-state index in [1.807, 2.05) is 24.1 Å². The van der Waals surface area contributed by atoms with Gasteiger partial charge in [-0.15, -0.1) is 0 Å². The van der Waals surface area contributed by atoms with Gasteiger partial charge in [-0.05, 0) is 50.6 Å². The van der Waals surface area contributed by atoms with Gasteiger partial charge in [0, 0.05) is 42.5 Å². The third-order valence-corrected chi connectivity index (χ3v) is 7.24. The van der Waals surface area contributed by atoms with Crippen LogP contribution in [0.5, 0.6) is 11.5 Å². The molecule has 0 aliphatic carbocycles. The molecule has 1 amide bonds. The maximum absolute atomic E-state index is 12.9. The van der Waals surface area contributed by atoms with Crippen LogP contribution in [0, 0.1) is 0 Å². The maximum Gasteiger partial charge on any atom is 0.240 e. The lowest BCUT2D eigenvalue weighted by Crippen LogP contribution is -2.45. The first kappa shape index (κ1) is 23.5. The molecule has 1 atom stereocenters. The van der Waals surface area contributed by atoms with Crippen LogP contribution < -0.4 is 14.8 Å². The Bertz CT molecular complexity index is 1290. The van der Waals surface area contributed by atoms with Crippen molar-refractivity contribution >= 4 is 45.5 Å². The Morgan fingerprint density at radius 2 is 2.00 bits per heavy atom. The number of pyridine rings is 1. The molecular weight excluding hydrogens is 466 g/mol. The van der Waals surface area contributed by atoms with Gasteiger partial charge in [-0.3, -0.25) is 9.69 Å². The van der Waals surface area contributed by atoms with Crippen LogP contribution >= 0.6 is 11.6 Å². The minimum absolute atomic E-state index is 0.0272. The molecule has 0 bridgehead atoms. The highest BCUT2D eigenvalue weighted by Crippen LogP contribution is 2.39. The van der Waals surface area contributed by atoms with Crippen molar-refractivity contribution in [1.29, 1.82) is 0 Å². The normalized spacial score (nSPS) is 18.6. The molecule has 8 nitrogen and oxygen atoms in total. The Hall–Kier alpha value is -3.23. The van der Waals surface area contributed by atoms with Crippen molar-refractivity contribution in [3.63, 3.8) is 0 Å². The van der Waals surface area contributed by atoms with Gasteiger partial charge in [-0.2, -0.15) is 0 Å². The number of ether oxygens (including phenoxy) is 2. The second kappa shape index (κ2) is 9.79. The van der Waals surface area contributed by atoms with E-state index in [4.69, 9.17) is 21.1 Å². The van der Waals surface area contributed by atoms with Gasteiger partial charge < -0.3 is 24.7 Å². The van der Waals surface area contributed by atoms with Crippen LogP contribution in [0.3, 0.4) is 0 Å². The summed E-state index contributed by atoms with van der Waals surface area (Å²) in [5, 5.41) is 4.89. The van der Waals surface area contributed by atoms with Crippen molar-refractivity contribution in [2.24, 2.45) is 0 Å². The highest BCUT2D eigenvalue weighted by Gasteiger charge is 2.32. The summed E-state index contributed by atoms with van der Waals surface area (Å²) in [6.45, 7) is 2.36. The number of carbonyl (C=O) groups is 1. The summed E-state index contributed by atoms with van der Waals surface area (Å²) in [5.74, 6) is 1.42. The topological polar surface area (TPSA) is 82.7 Å². The smallest absolute Gasteiger partial charge is 0.240 e. The minimum Gasteiger partial charge on any atom is -0.495 e. The average Bonchev–Trinajstić information content (AvgIpc) is 3.51. The lowest BCUT2D eigenvalue weighted by molar-refractivity contribution is -0.135. The average molecular weight is 496 g/mol. The van der Waals surface area contributed by atoms with E-state index >= 15 is 0 Å². The molecule has 1 fully saturated rings. The summed E-state index contributed by atoms with van der Waals surface area (Å²) in [4.78, 5) is 25.1. The zero-order chi connectivity index (χ0) is 24.5. The van der Waals surface area contributed by atoms with Crippen LogP contribution in [0.25, 0.3) is 16.6 Å². The number of rotatable bonds is 6. The summed E-state index contributed by atoms with van der Waals surface area (Å²) in [5.41, 5.74) is 4.64. The fourth-order valence-corrected chi connectivity index (χ4v) is 5.19. The van der Waals surface area contributed by atoms with E-state index in [9.17, 15) is 4.79 Å². The molecule has 0 saturated carbocycles. The van der Waals surface area contributed by atoms with Crippen molar-refractivity contribution in [1.82, 2.24) is 19.8 Å². The van der Waals surface area contributed by atoms with Crippen molar-refractivity contribution in [3.8, 4) is 11.5 Å². The van der Waals surface area contributed by atoms with Crippen LogP contribution in [0.2, 0.25) is 5.02 Å². The molecule has 2 aromatic heterocycles. The Balaban J connectivity index is 1.38. The number of likely N-dealkylation sites (N-methyl/N-ethyl adjacent to an activating group) is 1. The molecule has 4 heterocycles. The molecule has 184 valence electrons. The number of methoxy groups -OCH3 is 2. The first-order valence-electron chi connectivity index (χ1n) is 11.8. The molecule has 1 aromatic carbocycles. The van der Waals surface area contributed by atoms with Gasteiger partial charge in [-0.1, -0.05) is 17.7 Å². The molecule has 2 N–H and O–H groups in total. The number of nitrogens with zero attached hydrogens (tertiary/aromatic N) is 3. The molecule has 2 aliphatic heterocycles. The van der Waals surface area contributed by atoms with Crippen LogP contribution in [0.15, 0.2) is 36.5 Å². The summed E-state index contributed by atoms with van der Waals surface area (Å²) in [6.07, 6.45) is 6.77. The molecule has 1 saturated heterocycles. The highest BCUT2D eigenvalue weighted by molar-refractivity contribution is 6.32. The predicted molar refractivity (Wildman–Crippen MR) is 139 cm³/mol. The van der Waals surface area contributed by atoms with Crippen molar-refractivity contribution < 1.29 is 14.3 Å². The van der Waals surface area contributed by atoms with Crippen molar-refractivity contribution in [2.45, 2.75) is 25.3 Å². The van der Waals surface area contributed by atoms with E-state index in [1.54, 1.807) is 26.5 Å². The molecule has 5 rings (SSSR count). The first-order chi connectivity index (χ1) is 17.0. The maximum atomic E-state index is 12.9. The van der Waals surface area contributed by atoms with E-state index in [1.165, 1.54) is 5.57 Å². The second-order valence-corrected chi connectivity index (χ2v) is 9.43. The number of fused-ring (bicyclic) bond motifs is 1. The number of hydrogen-bond donors (Lipinski definition) is 2. The molecule has 0 radical (unpaired) electrons. The van der Waals surface area contributed by atoms with Crippen LogP contribution in [-0.4, -0.2) is 72.6 Å². The number of aromatic nitrogens is 2. The van der Waals surface area contributed by atoms with Gasteiger partial charge in [0.2, 0.25) is 5.91 Å². The van der Waals surface area contributed by atoms with E-state index in [0.717, 1.165) is 60.5 Å². The van der Waals surface area contributed by atoms with Gasteiger partial charge in [0.05, 0.1) is 36.7 Å². The molecule has 9 heteroatoms. The number of H-pyrrole nitrogens is 1. The summed E-state index contributed by atoms with van der Waals surface area (Å²) >= 11 is 6.26. The largest absolute Gasteiger partial charge is 0.495 e. The van der Waals surface area contributed by atoms with E-state index in [2.05, 4.69) is 32.3 Å². The summed E-state index contributed by atoms with van der Waals surface area (Å²) in [6, 6.07) is 7.61. The second-order valence-electron chi connectivity index (χ2n) is 9.02. The molecule has 1 unspecified atom stereocenters. The lowest BCUT2D eigenvalue weighted by atomic mass is 10.0. The van der Waals surface area contributed by atoms with Gasteiger partial charge in [-0.25, -0.2) is 4.98 Å². The highest BCUT2D eigenvalue weighted by atomic mass is 35.5. The molecular formula is C26H30ClN5O3. The molecule has 2 aliphatic rings. The lowest BCUT2D eigenvalue weighted by Gasteiger charge is -2.30. The zero-order valence-corrected chi connectivity index (χ0v) is 21.0. The zero-order valence-electron chi connectivity index (χ0n) is 20.2. The number of amides is 1. The number of aromatic amines is 1. The fourth-order valence-electron chi connectivity index (χ4n) is 4.96. The van der Waals surface area contributed by atoms with Gasteiger partial charge >= 0.3 is 0 Å². The van der Waals surface area contributed by atoms with E-state index < -0.39 is 0 Å². The third kappa shape index (κ3) is 4.56. The number of nitrogens with one attached hydrogen (secondary N) is 2. The Kier molecular flexibility index (Phi) is 6.58.